The minimum atomic E-state index is 0.119. The highest BCUT2D eigenvalue weighted by Crippen LogP contribution is 2.49. The van der Waals surface area contributed by atoms with Crippen molar-refractivity contribution in [3.8, 4) is 6.07 Å². The van der Waals surface area contributed by atoms with Gasteiger partial charge in [0, 0.05) is 6.42 Å². The second kappa shape index (κ2) is 3.49. The molecule has 0 spiro atoms. The van der Waals surface area contributed by atoms with Crippen molar-refractivity contribution in [2.75, 3.05) is 0 Å². The molecule has 2 aliphatic rings. The topological polar surface area (TPSA) is 40.9 Å². The molecule has 2 aliphatic carbocycles. The van der Waals surface area contributed by atoms with Crippen LogP contribution in [0.5, 0.6) is 0 Å². The summed E-state index contributed by atoms with van der Waals surface area (Å²) in [6.07, 6.45) is 6.11. The Morgan fingerprint density at radius 1 is 1.38 bits per heavy atom. The molecule has 0 aliphatic heterocycles. The lowest BCUT2D eigenvalue weighted by Crippen LogP contribution is -2.14. The number of rotatable bonds is 3. The predicted molar refractivity (Wildman–Crippen MR) is 48.8 cm³/mol. The van der Waals surface area contributed by atoms with Crippen LogP contribution in [0.15, 0.2) is 0 Å². The zero-order chi connectivity index (χ0) is 9.26. The number of ketones is 1. The Morgan fingerprint density at radius 2 is 2.23 bits per heavy atom. The van der Waals surface area contributed by atoms with Crippen molar-refractivity contribution in [1.29, 1.82) is 5.26 Å². The lowest BCUT2D eigenvalue weighted by molar-refractivity contribution is -0.119. The first kappa shape index (κ1) is 8.74. The van der Waals surface area contributed by atoms with Gasteiger partial charge in [-0.25, -0.2) is 0 Å². The summed E-state index contributed by atoms with van der Waals surface area (Å²) in [5.41, 5.74) is 0. The van der Waals surface area contributed by atoms with Gasteiger partial charge in [-0.1, -0.05) is 6.42 Å². The van der Waals surface area contributed by atoms with E-state index in [1.165, 1.54) is 25.7 Å². The van der Waals surface area contributed by atoms with Crippen molar-refractivity contribution in [2.45, 2.75) is 38.5 Å². The molecule has 0 aromatic carbocycles. The van der Waals surface area contributed by atoms with Crippen LogP contribution in [0, 0.1) is 29.1 Å². The molecule has 0 amide bonds. The summed E-state index contributed by atoms with van der Waals surface area (Å²) in [4.78, 5) is 11.3. The van der Waals surface area contributed by atoms with Gasteiger partial charge in [-0.2, -0.15) is 5.26 Å². The van der Waals surface area contributed by atoms with E-state index in [1.54, 1.807) is 0 Å². The lowest BCUT2D eigenvalue weighted by atomic mass is 9.85. The van der Waals surface area contributed by atoms with Gasteiger partial charge in [0.2, 0.25) is 0 Å². The highest BCUT2D eigenvalue weighted by atomic mass is 16.1. The number of carbonyl (C=O) groups is 1. The number of Topliss-reactive ketones (excluding diaryl/α,β-unsaturated/α-hetero) is 1. The Labute approximate surface area is 78.9 Å². The Balaban J connectivity index is 1.84. The Kier molecular flexibility index (Phi) is 2.35. The number of hydrogen-bond acceptors (Lipinski definition) is 2. The smallest absolute Gasteiger partial charge is 0.147 e. The van der Waals surface area contributed by atoms with Gasteiger partial charge in [-0.3, -0.25) is 4.79 Å². The molecule has 2 saturated carbocycles. The van der Waals surface area contributed by atoms with Gasteiger partial charge in [0.15, 0.2) is 0 Å². The number of nitriles is 1. The second-order valence-electron chi connectivity index (χ2n) is 4.51. The highest BCUT2D eigenvalue weighted by molar-refractivity contribution is 5.80. The quantitative estimate of drug-likeness (QED) is 0.663. The fourth-order valence-electron chi connectivity index (χ4n) is 3.08. The molecule has 1 unspecified atom stereocenters. The molecule has 0 radical (unpaired) electrons. The van der Waals surface area contributed by atoms with Crippen LogP contribution < -0.4 is 0 Å². The Morgan fingerprint density at radius 3 is 2.77 bits per heavy atom. The van der Waals surface area contributed by atoms with Crippen LogP contribution in [0.25, 0.3) is 0 Å². The fraction of sp³-hybridized carbons (Fsp3) is 0.818. The lowest BCUT2D eigenvalue weighted by Gasteiger charge is -2.20. The van der Waals surface area contributed by atoms with Crippen molar-refractivity contribution in [1.82, 2.24) is 0 Å². The standard InChI is InChI=1S/C11H15NO/c12-4-3-11(13)7-10-6-8-1-2-9(10)5-8/h8-10H,1-3,5-7H2/t8-,9+,10?/m0/s1. The van der Waals surface area contributed by atoms with E-state index in [0.29, 0.717) is 12.3 Å². The first-order valence-electron chi connectivity index (χ1n) is 5.18. The number of fused-ring (bicyclic) bond motifs is 2. The molecular formula is C11H15NO. The summed E-state index contributed by atoms with van der Waals surface area (Å²) >= 11 is 0. The molecule has 2 bridgehead atoms. The van der Waals surface area contributed by atoms with Crippen LogP contribution in [0.2, 0.25) is 0 Å². The molecule has 2 fully saturated rings. The summed E-state index contributed by atoms with van der Waals surface area (Å²) in [5.74, 6) is 2.50. The summed E-state index contributed by atoms with van der Waals surface area (Å²) in [6, 6.07) is 1.94. The van der Waals surface area contributed by atoms with Crippen molar-refractivity contribution >= 4 is 5.78 Å². The van der Waals surface area contributed by atoms with Gasteiger partial charge in [0.05, 0.1) is 12.5 Å². The Hall–Kier alpha value is -0.840. The van der Waals surface area contributed by atoms with E-state index >= 15 is 0 Å². The molecule has 3 atom stereocenters. The molecule has 2 heteroatoms. The molecule has 70 valence electrons. The number of carbonyl (C=O) groups excluding carboxylic acids is 1. The third kappa shape index (κ3) is 1.75. The van der Waals surface area contributed by atoms with Crippen molar-refractivity contribution in [3.63, 3.8) is 0 Å². The first-order valence-corrected chi connectivity index (χ1v) is 5.18. The van der Waals surface area contributed by atoms with Crippen LogP contribution in [0.1, 0.15) is 38.5 Å². The first-order chi connectivity index (χ1) is 6.29. The van der Waals surface area contributed by atoms with Crippen LogP contribution in [0.4, 0.5) is 0 Å². The van der Waals surface area contributed by atoms with E-state index in [-0.39, 0.29) is 12.2 Å². The van der Waals surface area contributed by atoms with Crippen LogP contribution in [-0.2, 0) is 4.79 Å². The third-order valence-corrected chi connectivity index (χ3v) is 3.65. The van der Waals surface area contributed by atoms with Crippen molar-refractivity contribution < 1.29 is 4.79 Å². The molecule has 0 heterocycles. The molecule has 0 N–H and O–H groups in total. The molecule has 13 heavy (non-hydrogen) atoms. The SMILES string of the molecule is N#CCC(=O)CC1C[C@H]2CC[C@@H]1C2. The van der Waals surface area contributed by atoms with E-state index in [4.69, 9.17) is 5.26 Å². The third-order valence-electron chi connectivity index (χ3n) is 3.65. The summed E-state index contributed by atoms with van der Waals surface area (Å²) in [5, 5.41) is 8.37. The summed E-state index contributed by atoms with van der Waals surface area (Å²) < 4.78 is 0. The predicted octanol–water partition coefficient (Wildman–Crippen LogP) is 2.30. The van der Waals surface area contributed by atoms with Crippen LogP contribution in [0.3, 0.4) is 0 Å². The largest absolute Gasteiger partial charge is 0.299 e. The summed E-state index contributed by atoms with van der Waals surface area (Å²) in [7, 11) is 0. The average molecular weight is 177 g/mol. The minimum Gasteiger partial charge on any atom is -0.299 e. The van der Waals surface area contributed by atoms with E-state index in [9.17, 15) is 4.79 Å². The molecule has 0 saturated heterocycles. The van der Waals surface area contributed by atoms with E-state index in [2.05, 4.69) is 0 Å². The highest BCUT2D eigenvalue weighted by Gasteiger charge is 2.39. The van der Waals surface area contributed by atoms with Crippen molar-refractivity contribution in [2.24, 2.45) is 17.8 Å². The Bertz CT molecular complexity index is 253. The molecule has 0 aromatic heterocycles. The minimum absolute atomic E-state index is 0.119. The molecule has 2 rings (SSSR count). The second-order valence-corrected chi connectivity index (χ2v) is 4.51. The van der Waals surface area contributed by atoms with Gasteiger partial charge in [-0.05, 0) is 37.0 Å². The molecule has 2 nitrogen and oxygen atoms in total. The average Bonchev–Trinajstić information content (AvgIpc) is 2.65. The number of hydrogen-bond donors (Lipinski definition) is 0. The molecule has 0 aromatic rings. The van der Waals surface area contributed by atoms with E-state index in [1.807, 2.05) is 6.07 Å². The monoisotopic (exact) mass is 177 g/mol. The zero-order valence-corrected chi connectivity index (χ0v) is 7.83. The van der Waals surface area contributed by atoms with Gasteiger partial charge in [-0.15, -0.1) is 0 Å². The zero-order valence-electron chi connectivity index (χ0n) is 7.83. The maximum atomic E-state index is 11.3. The van der Waals surface area contributed by atoms with Crippen molar-refractivity contribution in [3.05, 3.63) is 0 Å². The summed E-state index contributed by atoms with van der Waals surface area (Å²) in [6.45, 7) is 0. The fourth-order valence-corrected chi connectivity index (χ4v) is 3.08. The van der Waals surface area contributed by atoms with Crippen LogP contribution in [-0.4, -0.2) is 5.78 Å². The molecular weight excluding hydrogens is 162 g/mol. The maximum Gasteiger partial charge on any atom is 0.147 e. The van der Waals surface area contributed by atoms with Gasteiger partial charge in [0.25, 0.3) is 0 Å². The van der Waals surface area contributed by atoms with E-state index in [0.717, 1.165) is 11.8 Å². The van der Waals surface area contributed by atoms with E-state index < -0.39 is 0 Å². The van der Waals surface area contributed by atoms with Gasteiger partial charge >= 0.3 is 0 Å². The van der Waals surface area contributed by atoms with Gasteiger partial charge < -0.3 is 0 Å². The maximum absolute atomic E-state index is 11.3. The number of nitrogens with zero attached hydrogens (tertiary/aromatic N) is 1. The van der Waals surface area contributed by atoms with Gasteiger partial charge in [0.1, 0.15) is 5.78 Å². The normalized spacial score (nSPS) is 36.1. The van der Waals surface area contributed by atoms with Crippen LogP contribution >= 0.6 is 0 Å².